The highest BCUT2D eigenvalue weighted by Crippen LogP contribution is 2.31. The third-order valence-electron chi connectivity index (χ3n) is 2.80. The first-order valence-electron chi connectivity index (χ1n) is 6.04. The highest BCUT2D eigenvalue weighted by molar-refractivity contribution is 6.33. The van der Waals surface area contributed by atoms with Crippen LogP contribution in [-0.2, 0) is 4.79 Å². The fourth-order valence-electron chi connectivity index (χ4n) is 1.82. The second kappa shape index (κ2) is 5.38. The van der Waals surface area contributed by atoms with E-state index in [1.165, 1.54) is 0 Å². The normalized spacial score (nSPS) is 16.6. The van der Waals surface area contributed by atoms with Crippen molar-refractivity contribution in [2.75, 3.05) is 11.9 Å². The van der Waals surface area contributed by atoms with E-state index in [4.69, 9.17) is 21.1 Å². The molecule has 3 rings (SSSR count). The number of amides is 1. The number of aromatic nitrogens is 1. The molecule has 1 aliphatic rings. The van der Waals surface area contributed by atoms with E-state index in [2.05, 4.69) is 10.3 Å². The van der Waals surface area contributed by atoms with Crippen LogP contribution in [0.4, 0.5) is 5.82 Å². The van der Waals surface area contributed by atoms with Crippen molar-refractivity contribution in [3.63, 3.8) is 0 Å². The topological polar surface area (TPSA) is 60.5 Å². The number of rotatable bonds is 2. The van der Waals surface area contributed by atoms with E-state index in [9.17, 15) is 4.79 Å². The summed E-state index contributed by atoms with van der Waals surface area (Å²) >= 11 is 5.94. The lowest BCUT2D eigenvalue weighted by Crippen LogP contribution is -2.40. The van der Waals surface area contributed by atoms with Gasteiger partial charge in [-0.2, -0.15) is 0 Å². The van der Waals surface area contributed by atoms with Gasteiger partial charge in [-0.25, -0.2) is 4.98 Å². The van der Waals surface area contributed by atoms with Gasteiger partial charge < -0.3 is 14.8 Å². The molecule has 1 aliphatic heterocycles. The van der Waals surface area contributed by atoms with Gasteiger partial charge in [0.05, 0.1) is 5.02 Å². The van der Waals surface area contributed by atoms with Gasteiger partial charge >= 0.3 is 0 Å². The molecular formula is C14H11ClN2O3. The van der Waals surface area contributed by atoms with Gasteiger partial charge in [0, 0.05) is 6.20 Å². The number of fused-ring (bicyclic) bond motifs is 1. The van der Waals surface area contributed by atoms with Gasteiger partial charge in [0.1, 0.15) is 6.61 Å². The minimum absolute atomic E-state index is 0.146. The average molecular weight is 291 g/mol. The predicted molar refractivity (Wildman–Crippen MR) is 74.2 cm³/mol. The summed E-state index contributed by atoms with van der Waals surface area (Å²) < 4.78 is 11.1. The number of hydrogen-bond donors (Lipinski definition) is 1. The van der Waals surface area contributed by atoms with Crippen LogP contribution in [-0.4, -0.2) is 23.6 Å². The van der Waals surface area contributed by atoms with Crippen molar-refractivity contribution >= 4 is 23.3 Å². The Labute approximate surface area is 120 Å². The van der Waals surface area contributed by atoms with Gasteiger partial charge in [-0.1, -0.05) is 23.7 Å². The molecule has 0 aliphatic carbocycles. The summed E-state index contributed by atoms with van der Waals surface area (Å²) in [4.78, 5) is 16.1. The van der Waals surface area contributed by atoms with Crippen molar-refractivity contribution in [1.82, 2.24) is 4.98 Å². The standard InChI is InChI=1S/C14H11ClN2O3/c15-9-4-3-7-16-13(9)17-14(18)12-8-19-10-5-1-2-6-11(10)20-12/h1-7,12H,8H2,(H,16,17,18)/t12-/m0/s1. The number of carbonyl (C=O) groups excluding carboxylic acids is 1. The second-order valence-electron chi connectivity index (χ2n) is 4.19. The highest BCUT2D eigenvalue weighted by atomic mass is 35.5. The van der Waals surface area contributed by atoms with Crippen molar-refractivity contribution in [3.8, 4) is 11.5 Å². The Morgan fingerprint density at radius 3 is 2.85 bits per heavy atom. The Hall–Kier alpha value is -2.27. The van der Waals surface area contributed by atoms with Crippen LogP contribution >= 0.6 is 11.6 Å². The van der Waals surface area contributed by atoms with E-state index in [-0.39, 0.29) is 12.5 Å². The molecule has 2 heterocycles. The summed E-state index contributed by atoms with van der Waals surface area (Å²) in [5, 5.41) is 3.00. The predicted octanol–water partition coefficient (Wildman–Crippen LogP) is 2.51. The maximum atomic E-state index is 12.1. The first kappa shape index (κ1) is 12.7. The molecule has 20 heavy (non-hydrogen) atoms. The molecule has 1 atom stereocenters. The van der Waals surface area contributed by atoms with E-state index < -0.39 is 6.10 Å². The molecule has 0 radical (unpaired) electrons. The van der Waals surface area contributed by atoms with Crippen LogP contribution in [0.1, 0.15) is 0 Å². The summed E-state index contributed by atoms with van der Waals surface area (Å²) in [5.74, 6) is 1.14. The summed E-state index contributed by atoms with van der Waals surface area (Å²) in [6.07, 6.45) is 0.817. The lowest BCUT2D eigenvalue weighted by Gasteiger charge is -2.25. The van der Waals surface area contributed by atoms with Crippen LogP contribution in [0, 0.1) is 0 Å². The van der Waals surface area contributed by atoms with Gasteiger partial charge in [0.15, 0.2) is 17.3 Å². The molecule has 1 amide bonds. The number of benzene rings is 1. The molecule has 0 bridgehead atoms. The first-order valence-corrected chi connectivity index (χ1v) is 6.42. The first-order chi connectivity index (χ1) is 9.74. The fraction of sp³-hybridized carbons (Fsp3) is 0.143. The molecule has 0 unspecified atom stereocenters. The van der Waals surface area contributed by atoms with Crippen molar-refractivity contribution in [2.24, 2.45) is 0 Å². The molecule has 6 heteroatoms. The number of pyridine rings is 1. The van der Waals surface area contributed by atoms with Crippen molar-refractivity contribution in [2.45, 2.75) is 6.10 Å². The van der Waals surface area contributed by atoms with Crippen LogP contribution < -0.4 is 14.8 Å². The Morgan fingerprint density at radius 2 is 2.05 bits per heavy atom. The molecular weight excluding hydrogens is 280 g/mol. The van der Waals surface area contributed by atoms with Crippen LogP contribution in [0.15, 0.2) is 42.6 Å². The monoisotopic (exact) mass is 290 g/mol. The summed E-state index contributed by atoms with van der Waals surface area (Å²) in [6, 6.07) is 10.5. The summed E-state index contributed by atoms with van der Waals surface area (Å²) in [6.45, 7) is 0.146. The molecule has 0 spiro atoms. The fourth-order valence-corrected chi connectivity index (χ4v) is 1.99. The lowest BCUT2D eigenvalue weighted by molar-refractivity contribution is -0.125. The summed E-state index contributed by atoms with van der Waals surface area (Å²) in [7, 11) is 0. The zero-order chi connectivity index (χ0) is 13.9. The van der Waals surface area contributed by atoms with Gasteiger partial charge in [-0.05, 0) is 24.3 Å². The Kier molecular flexibility index (Phi) is 3.43. The van der Waals surface area contributed by atoms with E-state index in [0.29, 0.717) is 22.3 Å². The number of nitrogens with one attached hydrogen (secondary N) is 1. The van der Waals surface area contributed by atoms with E-state index in [1.54, 1.807) is 30.5 Å². The van der Waals surface area contributed by atoms with Gasteiger partial charge in [0.2, 0.25) is 6.10 Å². The van der Waals surface area contributed by atoms with Crippen molar-refractivity contribution in [3.05, 3.63) is 47.6 Å². The molecule has 102 valence electrons. The summed E-state index contributed by atoms with van der Waals surface area (Å²) in [5.41, 5.74) is 0. The molecule has 5 nitrogen and oxygen atoms in total. The smallest absolute Gasteiger partial charge is 0.270 e. The SMILES string of the molecule is O=C(Nc1ncccc1Cl)[C@@H]1COc2ccccc2O1. The maximum absolute atomic E-state index is 12.1. The van der Waals surface area contributed by atoms with Crippen LogP contribution in [0.2, 0.25) is 5.02 Å². The van der Waals surface area contributed by atoms with Gasteiger partial charge in [-0.15, -0.1) is 0 Å². The number of ether oxygens (including phenoxy) is 2. The van der Waals surface area contributed by atoms with Crippen LogP contribution in [0.5, 0.6) is 11.5 Å². The Balaban J connectivity index is 1.72. The average Bonchev–Trinajstić information content (AvgIpc) is 2.49. The third-order valence-corrected chi connectivity index (χ3v) is 3.11. The third kappa shape index (κ3) is 2.53. The van der Waals surface area contributed by atoms with Crippen LogP contribution in [0.3, 0.4) is 0 Å². The quantitative estimate of drug-likeness (QED) is 0.923. The number of carbonyl (C=O) groups is 1. The number of para-hydroxylation sites is 2. The molecule has 2 aromatic rings. The van der Waals surface area contributed by atoms with E-state index in [1.807, 2.05) is 12.1 Å². The zero-order valence-corrected chi connectivity index (χ0v) is 11.1. The highest BCUT2D eigenvalue weighted by Gasteiger charge is 2.27. The molecule has 0 saturated heterocycles. The number of anilines is 1. The number of halogens is 1. The molecule has 1 aromatic heterocycles. The van der Waals surface area contributed by atoms with E-state index >= 15 is 0 Å². The van der Waals surface area contributed by atoms with Crippen LogP contribution in [0.25, 0.3) is 0 Å². The Bertz CT molecular complexity index is 648. The van der Waals surface area contributed by atoms with Crippen molar-refractivity contribution in [1.29, 1.82) is 0 Å². The van der Waals surface area contributed by atoms with Crippen molar-refractivity contribution < 1.29 is 14.3 Å². The Morgan fingerprint density at radius 1 is 1.25 bits per heavy atom. The lowest BCUT2D eigenvalue weighted by atomic mass is 10.2. The zero-order valence-electron chi connectivity index (χ0n) is 10.4. The molecule has 1 aromatic carbocycles. The number of hydrogen-bond acceptors (Lipinski definition) is 4. The molecule has 1 N–H and O–H groups in total. The molecule has 0 fully saturated rings. The second-order valence-corrected chi connectivity index (χ2v) is 4.59. The number of nitrogens with zero attached hydrogens (tertiary/aromatic N) is 1. The molecule has 0 saturated carbocycles. The minimum Gasteiger partial charge on any atom is -0.485 e. The largest absolute Gasteiger partial charge is 0.485 e. The van der Waals surface area contributed by atoms with E-state index in [0.717, 1.165) is 0 Å². The maximum Gasteiger partial charge on any atom is 0.270 e. The van der Waals surface area contributed by atoms with Gasteiger partial charge in [0.25, 0.3) is 5.91 Å². The minimum atomic E-state index is -0.733. The van der Waals surface area contributed by atoms with Gasteiger partial charge in [-0.3, -0.25) is 4.79 Å².